The van der Waals surface area contributed by atoms with Crippen LogP contribution < -0.4 is 10.6 Å². The first-order valence-corrected chi connectivity index (χ1v) is 8.45. The maximum atomic E-state index is 13.4. The molecule has 3 N–H and O–H groups in total. The van der Waals surface area contributed by atoms with Gasteiger partial charge in [-0.3, -0.25) is 4.99 Å². The largest absolute Gasteiger partial charge is 0.392 e. The number of aliphatic hydroxyl groups excluding tert-OH is 1. The highest BCUT2D eigenvalue weighted by molar-refractivity contribution is 5.79. The zero-order valence-electron chi connectivity index (χ0n) is 14.2. The Hall–Kier alpha value is -1.62. The molecule has 0 unspecified atom stereocenters. The lowest BCUT2D eigenvalue weighted by molar-refractivity contribution is 0.275. The van der Waals surface area contributed by atoms with Gasteiger partial charge in [-0.25, -0.2) is 4.39 Å². The highest BCUT2D eigenvalue weighted by atomic mass is 19.1. The van der Waals surface area contributed by atoms with Crippen molar-refractivity contribution in [1.29, 1.82) is 0 Å². The van der Waals surface area contributed by atoms with E-state index in [1.165, 1.54) is 38.2 Å². The predicted octanol–water partition coefficient (Wildman–Crippen LogP) is 2.95. The number of hydrogen-bond donors (Lipinski definition) is 3. The number of benzene rings is 1. The van der Waals surface area contributed by atoms with E-state index < -0.39 is 0 Å². The lowest BCUT2D eigenvalue weighted by Crippen LogP contribution is -2.42. The summed E-state index contributed by atoms with van der Waals surface area (Å²) in [7, 11) is 1.76. The fourth-order valence-corrected chi connectivity index (χ4v) is 3.32. The van der Waals surface area contributed by atoms with Crippen molar-refractivity contribution in [3.8, 4) is 0 Å². The first-order valence-electron chi connectivity index (χ1n) is 8.45. The molecule has 1 aromatic carbocycles. The molecule has 0 saturated heterocycles. The minimum atomic E-state index is -0.370. The van der Waals surface area contributed by atoms with E-state index in [-0.39, 0.29) is 12.4 Å². The highest BCUT2D eigenvalue weighted by Gasteiger charge is 2.31. The van der Waals surface area contributed by atoms with E-state index in [1.807, 2.05) is 0 Å². The maximum absolute atomic E-state index is 13.4. The van der Waals surface area contributed by atoms with Crippen LogP contribution in [0.3, 0.4) is 0 Å². The average Bonchev–Trinajstić information content (AvgIpc) is 3.05. The fraction of sp³-hybridized carbons (Fsp3) is 0.611. The number of aliphatic imine (C=N–C) groups is 1. The molecule has 5 heteroatoms. The molecule has 0 heterocycles. The lowest BCUT2D eigenvalue weighted by atomic mass is 9.83. The van der Waals surface area contributed by atoms with Crippen LogP contribution in [0.2, 0.25) is 0 Å². The molecular formula is C18H28FN3O. The van der Waals surface area contributed by atoms with Crippen LogP contribution in [-0.2, 0) is 13.2 Å². The van der Waals surface area contributed by atoms with E-state index in [0.717, 1.165) is 18.1 Å². The molecule has 0 atom stereocenters. The molecule has 0 bridgehead atoms. The topological polar surface area (TPSA) is 56.7 Å². The van der Waals surface area contributed by atoms with Crippen molar-refractivity contribution in [3.05, 3.63) is 35.1 Å². The van der Waals surface area contributed by atoms with Crippen molar-refractivity contribution in [1.82, 2.24) is 10.6 Å². The summed E-state index contributed by atoms with van der Waals surface area (Å²) in [6.45, 7) is 3.46. The Balaban J connectivity index is 1.88. The summed E-state index contributed by atoms with van der Waals surface area (Å²) in [6, 6.07) is 4.79. The van der Waals surface area contributed by atoms with Gasteiger partial charge in [0.2, 0.25) is 0 Å². The summed E-state index contributed by atoms with van der Waals surface area (Å²) < 4.78 is 13.4. The van der Waals surface area contributed by atoms with E-state index in [1.54, 1.807) is 19.2 Å². The van der Waals surface area contributed by atoms with Crippen molar-refractivity contribution in [2.75, 3.05) is 13.6 Å². The smallest absolute Gasteiger partial charge is 0.191 e. The standard InChI is InChI=1S/C18H28FN3O/c1-3-18(8-4-5-9-18)13-22-17(20-2)21-11-14-6-7-16(19)15(10-14)12-23/h6-7,10,23H,3-5,8-9,11-13H2,1-2H3,(H2,20,21,22). The van der Waals surface area contributed by atoms with Crippen LogP contribution in [0.1, 0.15) is 50.2 Å². The minimum Gasteiger partial charge on any atom is -0.392 e. The van der Waals surface area contributed by atoms with Gasteiger partial charge in [0.1, 0.15) is 5.82 Å². The number of aliphatic hydroxyl groups is 1. The summed E-state index contributed by atoms with van der Waals surface area (Å²) in [5.74, 6) is 0.393. The Morgan fingerprint density at radius 3 is 2.65 bits per heavy atom. The molecular weight excluding hydrogens is 293 g/mol. The molecule has 1 fully saturated rings. The number of guanidine groups is 1. The van der Waals surface area contributed by atoms with Crippen molar-refractivity contribution >= 4 is 5.96 Å². The Bertz CT molecular complexity index is 539. The number of halogens is 1. The molecule has 0 aromatic heterocycles. The van der Waals surface area contributed by atoms with Gasteiger partial charge >= 0.3 is 0 Å². The average molecular weight is 321 g/mol. The van der Waals surface area contributed by atoms with Crippen molar-refractivity contribution < 1.29 is 9.50 Å². The Labute approximate surface area is 138 Å². The molecule has 1 aromatic rings. The van der Waals surface area contributed by atoms with Crippen LogP contribution in [0.25, 0.3) is 0 Å². The second-order valence-electron chi connectivity index (χ2n) is 6.42. The first kappa shape index (κ1) is 17.7. The third kappa shape index (κ3) is 4.67. The van der Waals surface area contributed by atoms with Crippen LogP contribution in [0.4, 0.5) is 4.39 Å². The van der Waals surface area contributed by atoms with Gasteiger partial charge in [-0.2, -0.15) is 0 Å². The highest BCUT2D eigenvalue weighted by Crippen LogP contribution is 2.40. The normalized spacial score (nSPS) is 17.3. The summed E-state index contributed by atoms with van der Waals surface area (Å²) >= 11 is 0. The van der Waals surface area contributed by atoms with E-state index in [9.17, 15) is 4.39 Å². The van der Waals surface area contributed by atoms with E-state index >= 15 is 0 Å². The molecule has 1 saturated carbocycles. The lowest BCUT2D eigenvalue weighted by Gasteiger charge is -2.28. The fourth-order valence-electron chi connectivity index (χ4n) is 3.32. The van der Waals surface area contributed by atoms with Gasteiger partial charge in [-0.05, 0) is 42.4 Å². The van der Waals surface area contributed by atoms with Crippen LogP contribution in [0.15, 0.2) is 23.2 Å². The molecule has 0 aliphatic heterocycles. The molecule has 4 nitrogen and oxygen atoms in total. The first-order chi connectivity index (χ1) is 11.1. The van der Waals surface area contributed by atoms with Crippen LogP contribution in [0.5, 0.6) is 0 Å². The second-order valence-corrected chi connectivity index (χ2v) is 6.42. The van der Waals surface area contributed by atoms with Crippen LogP contribution >= 0.6 is 0 Å². The van der Waals surface area contributed by atoms with E-state index in [0.29, 0.717) is 17.5 Å². The maximum Gasteiger partial charge on any atom is 0.191 e. The predicted molar refractivity (Wildman–Crippen MR) is 91.7 cm³/mol. The molecule has 23 heavy (non-hydrogen) atoms. The Morgan fingerprint density at radius 2 is 2.04 bits per heavy atom. The van der Waals surface area contributed by atoms with Gasteiger partial charge in [-0.15, -0.1) is 0 Å². The summed E-state index contributed by atoms with van der Waals surface area (Å²) in [4.78, 5) is 4.26. The Morgan fingerprint density at radius 1 is 1.30 bits per heavy atom. The van der Waals surface area contributed by atoms with Gasteiger partial charge in [0.25, 0.3) is 0 Å². The molecule has 1 aliphatic carbocycles. The third-order valence-corrected chi connectivity index (χ3v) is 5.01. The van der Waals surface area contributed by atoms with Gasteiger partial charge < -0.3 is 15.7 Å². The van der Waals surface area contributed by atoms with Crippen molar-refractivity contribution in [2.24, 2.45) is 10.4 Å². The number of hydrogen-bond acceptors (Lipinski definition) is 2. The molecule has 0 spiro atoms. The van der Waals surface area contributed by atoms with Crippen LogP contribution in [0, 0.1) is 11.2 Å². The second kappa shape index (κ2) is 8.29. The SMILES string of the molecule is CCC1(CNC(=NC)NCc2ccc(F)c(CO)c2)CCCC1. The van der Waals surface area contributed by atoms with Crippen molar-refractivity contribution in [3.63, 3.8) is 0 Å². The monoisotopic (exact) mass is 321 g/mol. The van der Waals surface area contributed by atoms with Crippen LogP contribution in [-0.4, -0.2) is 24.7 Å². The molecule has 2 rings (SSSR count). The van der Waals surface area contributed by atoms with E-state index in [4.69, 9.17) is 5.11 Å². The van der Waals surface area contributed by atoms with Gasteiger partial charge in [0.15, 0.2) is 5.96 Å². The van der Waals surface area contributed by atoms with Gasteiger partial charge in [-0.1, -0.05) is 25.8 Å². The Kier molecular flexibility index (Phi) is 6.39. The zero-order valence-corrected chi connectivity index (χ0v) is 14.2. The summed E-state index contributed by atoms with van der Waals surface area (Å²) in [6.07, 6.45) is 6.40. The molecule has 0 radical (unpaired) electrons. The van der Waals surface area contributed by atoms with Gasteiger partial charge in [0, 0.05) is 25.7 Å². The molecule has 0 amide bonds. The zero-order chi connectivity index (χ0) is 16.7. The number of nitrogens with zero attached hydrogens (tertiary/aromatic N) is 1. The number of rotatable bonds is 6. The summed E-state index contributed by atoms with van der Waals surface area (Å²) in [5, 5.41) is 15.8. The molecule has 1 aliphatic rings. The van der Waals surface area contributed by atoms with E-state index in [2.05, 4.69) is 22.5 Å². The van der Waals surface area contributed by atoms with Gasteiger partial charge in [0.05, 0.1) is 6.61 Å². The molecule has 128 valence electrons. The third-order valence-electron chi connectivity index (χ3n) is 5.01. The quantitative estimate of drug-likeness (QED) is 0.558. The van der Waals surface area contributed by atoms with Crippen molar-refractivity contribution in [2.45, 2.75) is 52.2 Å². The number of nitrogens with one attached hydrogen (secondary N) is 2. The summed E-state index contributed by atoms with van der Waals surface area (Å²) in [5.41, 5.74) is 1.64. The minimum absolute atomic E-state index is 0.286.